The van der Waals surface area contributed by atoms with E-state index in [0.717, 1.165) is 83.5 Å². The molecule has 1 unspecified atom stereocenters. The van der Waals surface area contributed by atoms with Gasteiger partial charge >= 0.3 is 17.9 Å². The third-order valence-electron chi connectivity index (χ3n) is 15.5. The number of unbranched alkanes of at least 4 members (excludes halogenated alkanes) is 42. The van der Waals surface area contributed by atoms with Gasteiger partial charge in [0, 0.05) is 12.8 Å². The second-order valence-electron chi connectivity index (χ2n) is 23.4. The van der Waals surface area contributed by atoms with Crippen LogP contribution in [0.15, 0.2) is 72.9 Å². The summed E-state index contributed by atoms with van der Waals surface area (Å²) in [5.74, 6) is -1.04. The Balaban J connectivity index is 4.08. The summed E-state index contributed by atoms with van der Waals surface area (Å²) in [6, 6.07) is 0. The van der Waals surface area contributed by atoms with Gasteiger partial charge in [-0.15, -0.1) is 0 Å². The van der Waals surface area contributed by atoms with Gasteiger partial charge in [-0.2, -0.15) is 0 Å². The molecule has 0 N–H and O–H groups in total. The Hall–Kier alpha value is -3.15. The first-order valence-electron chi connectivity index (χ1n) is 34.9. The van der Waals surface area contributed by atoms with E-state index in [1.807, 2.05) is 6.08 Å². The summed E-state index contributed by atoms with van der Waals surface area (Å²) in [6.07, 6.45) is 90.0. The lowest BCUT2D eigenvalue weighted by Gasteiger charge is -2.18. The highest BCUT2D eigenvalue weighted by Crippen LogP contribution is 2.18. The highest BCUT2D eigenvalue weighted by molar-refractivity contribution is 5.72. The van der Waals surface area contributed by atoms with Crippen LogP contribution in [0.25, 0.3) is 0 Å². The van der Waals surface area contributed by atoms with Crippen LogP contribution in [0.5, 0.6) is 0 Å². The summed E-state index contributed by atoms with van der Waals surface area (Å²) < 4.78 is 16.8. The fraction of sp³-hybridized carbons (Fsp3) is 0.797. The molecule has 6 heteroatoms. The minimum Gasteiger partial charge on any atom is -0.462 e. The molecule has 0 aromatic rings. The van der Waals surface area contributed by atoms with Crippen molar-refractivity contribution in [3.05, 3.63) is 72.9 Å². The van der Waals surface area contributed by atoms with E-state index in [9.17, 15) is 14.4 Å². The third kappa shape index (κ3) is 65.7. The molecule has 0 heterocycles. The Morgan fingerprint density at radius 3 is 0.838 bits per heavy atom. The molecule has 0 aromatic heterocycles. The first kappa shape index (κ1) is 76.9. The Morgan fingerprint density at radius 2 is 0.525 bits per heavy atom. The minimum absolute atomic E-state index is 0.0975. The number of rotatable bonds is 64. The standard InChI is InChI=1S/C74H132O6/c1-4-7-10-13-16-19-22-25-27-28-29-30-31-32-33-34-35-36-37-38-39-40-41-42-43-44-45-46-48-49-52-55-58-61-64-67-73(76)79-70-71(69-78-72(75)66-63-60-57-54-51-24-21-18-15-12-9-6-3)80-74(77)68-65-62-59-56-53-50-47-26-23-20-17-14-11-8-5-2/h8,11,17-18,20-21,26,47,53,56,62,65,71H,4-7,9-10,12-16,19,22-25,27-46,48-52,54-55,57-61,63-64,66-70H2,1-3H3/b11-8-,20-17-,21-18-,47-26-,56-53-,65-62-. The molecule has 0 amide bonds. The fourth-order valence-electron chi connectivity index (χ4n) is 10.3. The molecule has 0 rings (SSSR count). The number of esters is 3. The van der Waals surface area contributed by atoms with Crippen molar-refractivity contribution >= 4 is 17.9 Å². The lowest BCUT2D eigenvalue weighted by molar-refractivity contribution is -0.166. The van der Waals surface area contributed by atoms with E-state index in [4.69, 9.17) is 14.2 Å². The maximum atomic E-state index is 12.8. The lowest BCUT2D eigenvalue weighted by Crippen LogP contribution is -2.30. The van der Waals surface area contributed by atoms with E-state index < -0.39 is 12.1 Å². The van der Waals surface area contributed by atoms with Gasteiger partial charge in [-0.25, -0.2) is 0 Å². The third-order valence-corrected chi connectivity index (χ3v) is 15.5. The van der Waals surface area contributed by atoms with Crippen molar-refractivity contribution in [3.63, 3.8) is 0 Å². The number of hydrogen-bond acceptors (Lipinski definition) is 6. The Kier molecular flexibility index (Phi) is 65.7. The van der Waals surface area contributed by atoms with Crippen LogP contribution >= 0.6 is 0 Å². The molecule has 0 aromatic carbocycles. The van der Waals surface area contributed by atoms with Crippen LogP contribution in [-0.4, -0.2) is 37.2 Å². The summed E-state index contributed by atoms with van der Waals surface area (Å²) in [5.41, 5.74) is 0. The van der Waals surface area contributed by atoms with E-state index in [1.165, 1.54) is 238 Å². The molecule has 1 atom stereocenters. The fourth-order valence-corrected chi connectivity index (χ4v) is 10.3. The van der Waals surface area contributed by atoms with Gasteiger partial charge in [0.15, 0.2) is 6.10 Å². The van der Waals surface area contributed by atoms with Crippen molar-refractivity contribution < 1.29 is 28.6 Å². The summed E-state index contributed by atoms with van der Waals surface area (Å²) >= 11 is 0. The molecule has 0 aliphatic carbocycles. The molecule has 0 aliphatic rings. The maximum Gasteiger partial charge on any atom is 0.310 e. The summed E-state index contributed by atoms with van der Waals surface area (Å²) in [7, 11) is 0. The van der Waals surface area contributed by atoms with E-state index >= 15 is 0 Å². The molecule has 6 nitrogen and oxygen atoms in total. The normalized spacial score (nSPS) is 12.5. The predicted octanol–water partition coefficient (Wildman–Crippen LogP) is 24.1. The molecule has 0 bridgehead atoms. The topological polar surface area (TPSA) is 78.9 Å². The maximum absolute atomic E-state index is 12.8. The van der Waals surface area contributed by atoms with Crippen molar-refractivity contribution in [3.8, 4) is 0 Å². The van der Waals surface area contributed by atoms with Crippen molar-refractivity contribution in [2.24, 2.45) is 0 Å². The van der Waals surface area contributed by atoms with Gasteiger partial charge in [0.1, 0.15) is 13.2 Å². The van der Waals surface area contributed by atoms with E-state index in [-0.39, 0.29) is 31.6 Å². The van der Waals surface area contributed by atoms with Gasteiger partial charge in [0.05, 0.1) is 6.42 Å². The molecule has 0 radical (unpaired) electrons. The zero-order valence-corrected chi connectivity index (χ0v) is 53.3. The number of hydrogen-bond donors (Lipinski definition) is 0. The van der Waals surface area contributed by atoms with Crippen molar-refractivity contribution in [2.75, 3.05) is 13.2 Å². The Bertz CT molecular complexity index is 1470. The average Bonchev–Trinajstić information content (AvgIpc) is 3.46. The number of ether oxygens (including phenoxy) is 3. The number of allylic oxidation sites excluding steroid dienone is 11. The summed E-state index contributed by atoms with van der Waals surface area (Å²) in [5, 5.41) is 0. The monoisotopic (exact) mass is 1120 g/mol. The zero-order valence-electron chi connectivity index (χ0n) is 53.3. The van der Waals surface area contributed by atoms with E-state index in [0.29, 0.717) is 12.8 Å². The quantitative estimate of drug-likeness (QED) is 0.0261. The highest BCUT2D eigenvalue weighted by Gasteiger charge is 2.19. The van der Waals surface area contributed by atoms with Crippen molar-refractivity contribution in [1.29, 1.82) is 0 Å². The summed E-state index contributed by atoms with van der Waals surface area (Å²) in [6.45, 7) is 6.45. The Morgan fingerprint density at radius 1 is 0.275 bits per heavy atom. The van der Waals surface area contributed by atoms with Crippen LogP contribution in [0.4, 0.5) is 0 Å². The number of carbonyl (C=O) groups excluding carboxylic acids is 3. The molecular formula is C74H132O6. The first-order chi connectivity index (χ1) is 39.5. The van der Waals surface area contributed by atoms with Gasteiger partial charge in [-0.3, -0.25) is 14.4 Å². The SMILES string of the molecule is CC/C=C\C/C=C\C/C=C\C/C=C\C/C=C\CC(=O)OC(COC(=O)CCCCCCC/C=C\CCCCC)COC(=O)CCCCCCCCCCCCCCCCCCCCCCCCCCCCCCCCCCCCC. The van der Waals surface area contributed by atoms with Crippen molar-refractivity contribution in [1.82, 2.24) is 0 Å². The highest BCUT2D eigenvalue weighted by atomic mass is 16.6. The average molecular weight is 1120 g/mol. The molecule has 80 heavy (non-hydrogen) atoms. The second-order valence-corrected chi connectivity index (χ2v) is 23.4. The van der Waals surface area contributed by atoms with E-state index in [2.05, 4.69) is 81.5 Å². The molecule has 0 aliphatic heterocycles. The molecular weight excluding hydrogens is 985 g/mol. The van der Waals surface area contributed by atoms with Crippen LogP contribution in [0.3, 0.4) is 0 Å². The van der Waals surface area contributed by atoms with Gasteiger partial charge in [-0.1, -0.05) is 344 Å². The van der Waals surface area contributed by atoms with Crippen LogP contribution in [0, 0.1) is 0 Å². The van der Waals surface area contributed by atoms with Crippen molar-refractivity contribution in [2.45, 2.75) is 367 Å². The molecule has 0 saturated heterocycles. The van der Waals surface area contributed by atoms with Gasteiger partial charge in [0.2, 0.25) is 0 Å². The molecule has 0 fully saturated rings. The zero-order chi connectivity index (χ0) is 57.8. The molecule has 464 valence electrons. The smallest absolute Gasteiger partial charge is 0.310 e. The van der Waals surface area contributed by atoms with Gasteiger partial charge in [0.25, 0.3) is 0 Å². The molecule has 0 saturated carbocycles. The number of carbonyl (C=O) groups is 3. The van der Waals surface area contributed by atoms with E-state index in [1.54, 1.807) is 6.08 Å². The minimum atomic E-state index is -0.832. The van der Waals surface area contributed by atoms with Gasteiger partial charge in [-0.05, 0) is 70.6 Å². The largest absolute Gasteiger partial charge is 0.462 e. The van der Waals surface area contributed by atoms with Crippen LogP contribution < -0.4 is 0 Å². The van der Waals surface area contributed by atoms with Gasteiger partial charge < -0.3 is 14.2 Å². The predicted molar refractivity (Wildman–Crippen MR) is 348 cm³/mol. The van der Waals surface area contributed by atoms with Crippen LogP contribution in [0.1, 0.15) is 361 Å². The van der Waals surface area contributed by atoms with Crippen LogP contribution in [-0.2, 0) is 28.6 Å². The Labute approximate surface area is 497 Å². The molecule has 0 spiro atoms. The summed E-state index contributed by atoms with van der Waals surface area (Å²) in [4.78, 5) is 38.2. The first-order valence-corrected chi connectivity index (χ1v) is 34.9. The van der Waals surface area contributed by atoms with Crippen LogP contribution in [0.2, 0.25) is 0 Å². The second kappa shape index (κ2) is 68.3. The lowest BCUT2D eigenvalue weighted by atomic mass is 10.0.